The average Bonchev–Trinajstić information content (AvgIpc) is 2.84. The Morgan fingerprint density at radius 3 is 2.17 bits per heavy atom. The monoisotopic (exact) mass is 594 g/mol. The maximum absolute atomic E-state index is 2.89. The Balaban J connectivity index is 2.10. The van der Waals surface area contributed by atoms with E-state index in [-0.39, 0.29) is 0 Å². The number of allylic oxidation sites excluding steroid dienone is 4. The van der Waals surface area contributed by atoms with Crippen LogP contribution in [0.4, 0.5) is 0 Å². The van der Waals surface area contributed by atoms with Crippen LogP contribution in [0.2, 0.25) is 13.1 Å². The fourth-order valence-electron chi connectivity index (χ4n) is 6.96. The molecule has 0 radical (unpaired) electrons. The molecular weight excluding hydrogens is 534 g/mol. The molecular formula is C33H60BI. The van der Waals surface area contributed by atoms with E-state index in [0.717, 1.165) is 33.5 Å². The van der Waals surface area contributed by atoms with Gasteiger partial charge in [-0.3, -0.25) is 0 Å². The molecule has 35 heavy (non-hydrogen) atoms. The largest absolute Gasteiger partial charge is 0.117 e. The number of rotatable bonds is 20. The molecule has 0 aromatic heterocycles. The van der Waals surface area contributed by atoms with Gasteiger partial charge in [-0.2, -0.15) is 0 Å². The Morgan fingerprint density at radius 2 is 1.46 bits per heavy atom. The highest BCUT2D eigenvalue weighted by Crippen LogP contribution is 2.48. The molecule has 0 N–H and O–H groups in total. The standard InChI is InChI=1S/C33H60BI/c1-5-7-11-19-29-25-31-23-22-28(18-14-10-16-24-34-4)32(21-15-9-13-17-27(3)35)33(31)26-30(29)20-12-8-6-2/h22-23,26-32,34H,5-21,24-25H2,1-4H3. The van der Waals surface area contributed by atoms with Gasteiger partial charge in [-0.1, -0.05) is 157 Å². The third-order valence-electron chi connectivity index (χ3n) is 9.11. The maximum atomic E-state index is 2.89. The zero-order valence-corrected chi connectivity index (χ0v) is 26.4. The van der Waals surface area contributed by atoms with E-state index in [1.54, 1.807) is 0 Å². The topological polar surface area (TPSA) is 0 Å². The molecule has 6 atom stereocenters. The first-order valence-electron chi connectivity index (χ1n) is 16.1. The summed E-state index contributed by atoms with van der Waals surface area (Å²) in [6.45, 7) is 9.42. The van der Waals surface area contributed by atoms with E-state index < -0.39 is 0 Å². The average molecular weight is 595 g/mol. The second kappa shape index (κ2) is 19.4. The Labute approximate surface area is 235 Å². The second-order valence-electron chi connectivity index (χ2n) is 12.2. The third-order valence-corrected chi connectivity index (χ3v) is 9.73. The molecule has 2 aliphatic carbocycles. The summed E-state index contributed by atoms with van der Waals surface area (Å²) in [6, 6.07) is 0. The number of halogens is 1. The van der Waals surface area contributed by atoms with Gasteiger partial charge >= 0.3 is 0 Å². The van der Waals surface area contributed by atoms with Crippen LogP contribution in [0.5, 0.6) is 0 Å². The van der Waals surface area contributed by atoms with E-state index in [2.05, 4.69) is 68.4 Å². The first-order chi connectivity index (χ1) is 17.1. The molecule has 6 unspecified atom stereocenters. The Morgan fingerprint density at radius 1 is 0.800 bits per heavy atom. The molecule has 0 spiro atoms. The van der Waals surface area contributed by atoms with Crippen molar-refractivity contribution in [1.29, 1.82) is 0 Å². The lowest BCUT2D eigenvalue weighted by molar-refractivity contribution is 0.241. The van der Waals surface area contributed by atoms with Crippen molar-refractivity contribution in [2.24, 2.45) is 29.6 Å². The summed E-state index contributed by atoms with van der Waals surface area (Å²) in [5.41, 5.74) is 1.90. The molecule has 2 heteroatoms. The van der Waals surface area contributed by atoms with E-state index >= 15 is 0 Å². The van der Waals surface area contributed by atoms with E-state index in [0.29, 0.717) is 0 Å². The molecule has 2 rings (SSSR count). The first-order valence-corrected chi connectivity index (χ1v) is 17.4. The van der Waals surface area contributed by atoms with E-state index in [1.807, 2.05) is 5.57 Å². The van der Waals surface area contributed by atoms with Gasteiger partial charge in [-0.15, -0.1) is 0 Å². The summed E-state index contributed by atoms with van der Waals surface area (Å²) in [5, 5.41) is 0. The zero-order chi connectivity index (χ0) is 25.3. The minimum absolute atomic E-state index is 0.764. The normalized spacial score (nSPS) is 26.9. The molecule has 202 valence electrons. The van der Waals surface area contributed by atoms with Crippen molar-refractivity contribution < 1.29 is 0 Å². The Bertz CT molecular complexity index is 580. The molecule has 0 aromatic carbocycles. The second-order valence-corrected chi connectivity index (χ2v) is 14.3. The summed E-state index contributed by atoms with van der Waals surface area (Å²) in [6.07, 6.45) is 35.4. The Kier molecular flexibility index (Phi) is 17.4. The van der Waals surface area contributed by atoms with Crippen molar-refractivity contribution in [2.45, 2.75) is 153 Å². The van der Waals surface area contributed by atoms with Crippen LogP contribution in [0, 0.1) is 29.6 Å². The smallest absolute Gasteiger partial charge is 0.0893 e. The van der Waals surface area contributed by atoms with Crippen LogP contribution in [0.1, 0.15) is 136 Å². The summed E-state index contributed by atoms with van der Waals surface area (Å²) in [4.78, 5) is 0. The van der Waals surface area contributed by atoms with Crippen LogP contribution in [0.25, 0.3) is 0 Å². The third kappa shape index (κ3) is 12.1. The van der Waals surface area contributed by atoms with Gasteiger partial charge in [0.2, 0.25) is 0 Å². The van der Waals surface area contributed by atoms with Crippen LogP contribution in [0.15, 0.2) is 23.8 Å². The van der Waals surface area contributed by atoms with Gasteiger partial charge in [-0.05, 0) is 68.1 Å². The zero-order valence-electron chi connectivity index (χ0n) is 24.2. The van der Waals surface area contributed by atoms with Gasteiger partial charge in [0.15, 0.2) is 0 Å². The van der Waals surface area contributed by atoms with E-state index in [9.17, 15) is 0 Å². The molecule has 2 aliphatic rings. The molecule has 0 saturated heterocycles. The molecule has 0 bridgehead atoms. The van der Waals surface area contributed by atoms with Crippen molar-refractivity contribution in [3.05, 3.63) is 23.8 Å². The van der Waals surface area contributed by atoms with Gasteiger partial charge in [-0.25, -0.2) is 0 Å². The summed E-state index contributed by atoms with van der Waals surface area (Å²) < 4.78 is 0.833. The molecule has 0 fully saturated rings. The van der Waals surface area contributed by atoms with Gasteiger partial charge in [0, 0.05) is 3.92 Å². The number of fused-ring (bicyclic) bond motifs is 1. The lowest BCUT2D eigenvalue weighted by Gasteiger charge is -2.42. The number of alkyl halides is 1. The minimum Gasteiger partial charge on any atom is -0.0893 e. The highest BCUT2D eigenvalue weighted by Gasteiger charge is 2.37. The van der Waals surface area contributed by atoms with Gasteiger partial charge in [0.05, 0.1) is 0 Å². The quantitative estimate of drug-likeness (QED) is 0.0433. The fraction of sp³-hybridized carbons (Fsp3) is 0.879. The summed E-state index contributed by atoms with van der Waals surface area (Å²) >= 11 is 2.60. The lowest BCUT2D eigenvalue weighted by Crippen LogP contribution is -2.31. The van der Waals surface area contributed by atoms with Crippen molar-refractivity contribution >= 4 is 29.9 Å². The lowest BCUT2D eigenvalue weighted by atomic mass is 9.62. The minimum atomic E-state index is 0.764. The van der Waals surface area contributed by atoms with Crippen LogP contribution in [-0.4, -0.2) is 11.2 Å². The van der Waals surface area contributed by atoms with Crippen molar-refractivity contribution in [3.8, 4) is 0 Å². The van der Waals surface area contributed by atoms with Crippen LogP contribution < -0.4 is 0 Å². The van der Waals surface area contributed by atoms with Gasteiger partial charge in [0.25, 0.3) is 0 Å². The number of unbranched alkanes of at least 4 members (excludes halogenated alkanes) is 8. The predicted molar refractivity (Wildman–Crippen MR) is 170 cm³/mol. The van der Waals surface area contributed by atoms with Crippen molar-refractivity contribution in [3.63, 3.8) is 0 Å². The van der Waals surface area contributed by atoms with E-state index in [1.165, 1.54) is 129 Å². The highest BCUT2D eigenvalue weighted by atomic mass is 127. The van der Waals surface area contributed by atoms with Crippen molar-refractivity contribution in [2.75, 3.05) is 0 Å². The first kappa shape index (κ1) is 31.5. The van der Waals surface area contributed by atoms with E-state index in [4.69, 9.17) is 0 Å². The highest BCUT2D eigenvalue weighted by molar-refractivity contribution is 14.1. The molecule has 0 heterocycles. The fourth-order valence-corrected chi connectivity index (χ4v) is 7.40. The Hall–Kier alpha value is 0.275. The van der Waals surface area contributed by atoms with Crippen LogP contribution in [0.3, 0.4) is 0 Å². The SMILES string of the molecule is CBCCCCCC1C=CC2CC(CCCCC)C(CCCCC)C=C2C1CCCCCC(C)I. The molecule has 0 aliphatic heterocycles. The van der Waals surface area contributed by atoms with Gasteiger partial charge < -0.3 is 0 Å². The molecule has 0 saturated carbocycles. The number of hydrogen-bond acceptors (Lipinski definition) is 0. The summed E-state index contributed by atoms with van der Waals surface area (Å²) in [5.74, 6) is 4.23. The summed E-state index contributed by atoms with van der Waals surface area (Å²) in [7, 11) is 1.36. The van der Waals surface area contributed by atoms with Gasteiger partial charge in [0.1, 0.15) is 7.28 Å². The van der Waals surface area contributed by atoms with Crippen molar-refractivity contribution in [1.82, 2.24) is 0 Å². The molecule has 0 amide bonds. The molecule has 0 aromatic rings. The maximum Gasteiger partial charge on any atom is 0.117 e. The predicted octanol–water partition coefficient (Wildman–Crippen LogP) is 11.4. The van der Waals surface area contributed by atoms with Crippen LogP contribution >= 0.6 is 22.6 Å². The number of hydrogen-bond donors (Lipinski definition) is 0. The van der Waals surface area contributed by atoms with Crippen LogP contribution in [-0.2, 0) is 0 Å². The molecule has 0 nitrogen and oxygen atoms in total.